The smallest absolute Gasteiger partial charge is 0.253 e. The van der Waals surface area contributed by atoms with E-state index in [1.165, 1.54) is 29.3 Å². The fourth-order valence-electron chi connectivity index (χ4n) is 4.81. The van der Waals surface area contributed by atoms with Gasteiger partial charge in [-0.05, 0) is 61.9 Å². The molecule has 0 unspecified atom stereocenters. The number of aromatic nitrogens is 1. The Hall–Kier alpha value is -3.86. The summed E-state index contributed by atoms with van der Waals surface area (Å²) >= 11 is 1.36. The van der Waals surface area contributed by atoms with Crippen LogP contribution >= 0.6 is 11.8 Å². The molecule has 2 amide bonds. The lowest BCUT2D eigenvalue weighted by molar-refractivity contribution is 0.0738. The van der Waals surface area contributed by atoms with E-state index >= 15 is 0 Å². The van der Waals surface area contributed by atoms with Gasteiger partial charge in [-0.15, -0.1) is 0 Å². The summed E-state index contributed by atoms with van der Waals surface area (Å²) < 4.78 is 5.48. The number of oxazole rings is 1. The molecule has 1 fully saturated rings. The van der Waals surface area contributed by atoms with Crippen molar-refractivity contribution in [2.24, 2.45) is 5.73 Å². The average molecular weight is 576 g/mol. The van der Waals surface area contributed by atoms with E-state index in [1.807, 2.05) is 30.3 Å². The van der Waals surface area contributed by atoms with E-state index in [2.05, 4.69) is 22.2 Å². The third kappa shape index (κ3) is 8.32. The predicted octanol–water partition coefficient (Wildman–Crippen LogP) is 3.93. The molecule has 3 atom stereocenters. The number of hydrogen-bond acceptors (Lipinski definition) is 8. The minimum atomic E-state index is -0.791. The largest absolute Gasteiger partial charge is 0.444 e. The number of nitrogens with one attached hydrogen (secondary N) is 2. The molecule has 2 heterocycles. The van der Waals surface area contributed by atoms with Crippen LogP contribution in [-0.2, 0) is 6.42 Å². The monoisotopic (exact) mass is 575 g/mol. The van der Waals surface area contributed by atoms with Crippen LogP contribution in [0.2, 0.25) is 0 Å². The molecule has 0 spiro atoms. The predicted molar refractivity (Wildman–Crippen MR) is 162 cm³/mol. The Morgan fingerprint density at radius 1 is 1.29 bits per heavy atom. The zero-order chi connectivity index (χ0) is 29.4. The van der Waals surface area contributed by atoms with Crippen molar-refractivity contribution >= 4 is 23.6 Å². The van der Waals surface area contributed by atoms with Crippen LogP contribution in [0.25, 0.3) is 11.3 Å². The van der Waals surface area contributed by atoms with Crippen LogP contribution in [0.3, 0.4) is 0 Å². The average Bonchev–Trinajstić information content (AvgIpc) is 3.70. The quantitative estimate of drug-likeness (QED) is 0.255. The number of allylic oxidation sites excluding steroid dienone is 1. The van der Waals surface area contributed by atoms with Crippen molar-refractivity contribution in [3.8, 4) is 11.3 Å². The molecule has 9 nitrogen and oxygen atoms in total. The fraction of sp³-hybridized carbons (Fsp3) is 0.323. The summed E-state index contributed by atoms with van der Waals surface area (Å²) in [4.78, 5) is 33.4. The molecule has 0 bridgehead atoms. The van der Waals surface area contributed by atoms with Crippen molar-refractivity contribution < 1.29 is 19.1 Å². The minimum Gasteiger partial charge on any atom is -0.444 e. The number of nitrogens with zero attached hydrogens (tertiary/aromatic N) is 2. The van der Waals surface area contributed by atoms with E-state index in [4.69, 9.17) is 10.2 Å². The maximum absolute atomic E-state index is 13.7. The maximum Gasteiger partial charge on any atom is 0.253 e. The van der Waals surface area contributed by atoms with Crippen LogP contribution in [-0.4, -0.2) is 65.1 Å². The molecule has 2 aromatic carbocycles. The van der Waals surface area contributed by atoms with Crippen molar-refractivity contribution in [1.29, 1.82) is 0 Å². The van der Waals surface area contributed by atoms with Crippen molar-refractivity contribution in [1.82, 2.24) is 20.5 Å². The van der Waals surface area contributed by atoms with Gasteiger partial charge >= 0.3 is 0 Å². The minimum absolute atomic E-state index is 0.112. The summed E-state index contributed by atoms with van der Waals surface area (Å²) in [5, 5.41) is 19.4. The van der Waals surface area contributed by atoms with Gasteiger partial charge in [0.25, 0.3) is 11.8 Å². The first-order valence-corrected chi connectivity index (χ1v) is 14.4. The van der Waals surface area contributed by atoms with Gasteiger partial charge in [0.1, 0.15) is 0 Å². The number of carbonyl (C=O) groups is 2. The number of aliphatic hydroxyl groups excluding tert-OH is 1. The number of benzene rings is 2. The number of nitrogens with two attached hydrogens (primary N) is 1. The van der Waals surface area contributed by atoms with E-state index in [9.17, 15) is 14.7 Å². The zero-order valence-electron chi connectivity index (χ0n) is 23.4. The van der Waals surface area contributed by atoms with Crippen LogP contribution in [0.5, 0.6) is 0 Å². The molecule has 5 N–H and O–H groups in total. The number of carbonyl (C=O) groups excluding carboxylic acids is 2. The first-order chi connectivity index (χ1) is 19.7. The first kappa shape index (κ1) is 30.1. The van der Waals surface area contributed by atoms with Gasteiger partial charge in [-0.3, -0.25) is 9.59 Å². The van der Waals surface area contributed by atoms with Crippen molar-refractivity contribution in [3.63, 3.8) is 0 Å². The first-order valence-electron chi connectivity index (χ1n) is 13.5. The number of rotatable bonds is 12. The Morgan fingerprint density at radius 3 is 2.71 bits per heavy atom. The van der Waals surface area contributed by atoms with Crippen LogP contribution < -0.4 is 16.4 Å². The van der Waals surface area contributed by atoms with Gasteiger partial charge < -0.3 is 30.8 Å². The molecule has 1 aliphatic rings. The van der Waals surface area contributed by atoms with E-state index < -0.39 is 18.1 Å². The molecule has 1 saturated heterocycles. The third-order valence-electron chi connectivity index (χ3n) is 6.87. The summed E-state index contributed by atoms with van der Waals surface area (Å²) in [7, 11) is 1.68. The normalized spacial score (nSPS) is 16.7. The molecule has 10 heteroatoms. The second-order valence-corrected chi connectivity index (χ2v) is 11.4. The van der Waals surface area contributed by atoms with E-state index in [1.54, 1.807) is 37.6 Å². The van der Waals surface area contributed by atoms with Gasteiger partial charge in [0.05, 0.1) is 24.9 Å². The van der Waals surface area contributed by atoms with Crippen molar-refractivity contribution in [2.75, 3.05) is 20.1 Å². The maximum atomic E-state index is 13.7. The SMILES string of the molecule is C=C(CN(C)C(=O)c1cc(C(=O)N[C@@H](Cc2ccccc2)[C@H](O)[C@H]2CCCN2)cc(-c2cnco2)c1)S/C=C(/C)N. The van der Waals surface area contributed by atoms with E-state index in [0.29, 0.717) is 35.5 Å². The Morgan fingerprint density at radius 2 is 2.05 bits per heavy atom. The molecule has 3 aromatic rings. The highest BCUT2D eigenvalue weighted by molar-refractivity contribution is 8.05. The summed E-state index contributed by atoms with van der Waals surface area (Å²) in [5.74, 6) is -0.257. The summed E-state index contributed by atoms with van der Waals surface area (Å²) in [6.07, 6.45) is 4.30. The highest BCUT2D eigenvalue weighted by Crippen LogP contribution is 2.25. The highest BCUT2D eigenvalue weighted by atomic mass is 32.2. The fourth-order valence-corrected chi connectivity index (χ4v) is 5.43. The molecule has 4 rings (SSSR count). The Kier molecular flexibility index (Phi) is 10.4. The highest BCUT2D eigenvalue weighted by Gasteiger charge is 2.31. The number of amides is 2. The number of hydrogen-bond donors (Lipinski definition) is 4. The van der Waals surface area contributed by atoms with Gasteiger partial charge in [-0.25, -0.2) is 4.98 Å². The number of aliphatic hydroxyl groups is 1. The topological polar surface area (TPSA) is 134 Å². The second kappa shape index (κ2) is 14.2. The van der Waals surface area contributed by atoms with Gasteiger partial charge in [0, 0.05) is 40.4 Å². The Bertz CT molecular complexity index is 1370. The van der Waals surface area contributed by atoms with Gasteiger partial charge in [-0.1, -0.05) is 48.7 Å². The Labute approximate surface area is 244 Å². The molecule has 216 valence electrons. The second-order valence-electron chi connectivity index (χ2n) is 10.3. The lowest BCUT2D eigenvalue weighted by Crippen LogP contribution is -2.52. The summed E-state index contributed by atoms with van der Waals surface area (Å²) in [5.41, 5.74) is 8.49. The number of likely N-dealkylation sites (N-methyl/N-ethyl adjacent to an activating group) is 1. The molecule has 1 aliphatic heterocycles. The lowest BCUT2D eigenvalue weighted by atomic mass is 9.94. The van der Waals surface area contributed by atoms with Gasteiger partial charge in [0.2, 0.25) is 0 Å². The zero-order valence-corrected chi connectivity index (χ0v) is 24.2. The molecule has 41 heavy (non-hydrogen) atoms. The van der Waals surface area contributed by atoms with Crippen LogP contribution in [0.15, 0.2) is 88.1 Å². The molecule has 0 saturated carbocycles. The number of thioether (sulfide) groups is 1. The lowest BCUT2D eigenvalue weighted by Gasteiger charge is -2.29. The molecule has 0 aliphatic carbocycles. The third-order valence-corrected chi connectivity index (χ3v) is 7.82. The van der Waals surface area contributed by atoms with E-state index in [0.717, 1.165) is 29.9 Å². The van der Waals surface area contributed by atoms with Crippen LogP contribution in [0, 0.1) is 0 Å². The van der Waals surface area contributed by atoms with Gasteiger partial charge in [0.15, 0.2) is 12.2 Å². The van der Waals surface area contributed by atoms with Crippen LogP contribution in [0.1, 0.15) is 46.0 Å². The molecular weight excluding hydrogens is 538 g/mol. The van der Waals surface area contributed by atoms with Gasteiger partial charge in [-0.2, -0.15) is 0 Å². The van der Waals surface area contributed by atoms with E-state index in [-0.39, 0.29) is 17.5 Å². The summed E-state index contributed by atoms with van der Waals surface area (Å²) in [6, 6.07) is 14.0. The van der Waals surface area contributed by atoms with Crippen molar-refractivity contribution in [3.05, 3.63) is 100 Å². The van der Waals surface area contributed by atoms with Crippen LogP contribution in [0.4, 0.5) is 0 Å². The standard InChI is InChI=1S/C31H37N5O4S/c1-20(32)18-41-21(2)17-36(3)31(39)25-14-23(28-16-33-19-40-28)13-24(15-25)30(38)35-27(12-22-8-5-4-6-9-22)29(37)26-10-7-11-34-26/h4-6,8-9,13-16,18-19,26-27,29,34,37H,2,7,10-12,17,32H2,1,3H3,(H,35,38)/b20-18-/t26-,27+,29-/m1/s1. The Balaban J connectivity index is 1.60. The molecule has 0 radical (unpaired) electrons. The molecule has 1 aromatic heterocycles. The summed E-state index contributed by atoms with van der Waals surface area (Å²) in [6.45, 7) is 6.92. The molecular formula is C31H37N5O4S. The van der Waals surface area contributed by atoms with Crippen molar-refractivity contribution in [2.45, 2.75) is 44.4 Å².